The maximum Gasteiger partial charge on any atom is 0.277 e. The molecule has 25 heavy (non-hydrogen) atoms. The first-order chi connectivity index (χ1) is 11.7. The molecule has 0 aromatic heterocycles. The molecule has 138 valence electrons. The molecule has 1 aliphatic heterocycles. The molecule has 0 saturated carbocycles. The Kier molecular flexibility index (Phi) is 6.18. The number of carbonyl (C=O) groups excluding carboxylic acids is 2. The first kappa shape index (κ1) is 19.4. The summed E-state index contributed by atoms with van der Waals surface area (Å²) in [6.07, 6.45) is 0.518. The Balaban J connectivity index is 1.88. The van der Waals surface area contributed by atoms with E-state index in [1.54, 1.807) is 31.1 Å². The molecule has 2 rings (SSSR count). The third-order valence-corrected chi connectivity index (χ3v) is 6.30. The minimum atomic E-state index is -3.00. The van der Waals surface area contributed by atoms with Gasteiger partial charge in [-0.3, -0.25) is 9.59 Å². The number of hydrogen-bond donors (Lipinski definition) is 2. The van der Waals surface area contributed by atoms with E-state index >= 15 is 0 Å². The molecule has 0 radical (unpaired) electrons. The largest absolute Gasteiger partial charge is 0.355 e. The normalized spacial score (nSPS) is 20.0. The van der Waals surface area contributed by atoms with Crippen molar-refractivity contribution in [2.75, 3.05) is 39.2 Å². The first-order valence-corrected chi connectivity index (χ1v) is 10.1. The Hall–Kier alpha value is -1.93. The lowest BCUT2D eigenvalue weighted by Gasteiger charge is -2.24. The van der Waals surface area contributed by atoms with Gasteiger partial charge in [0.2, 0.25) is 0 Å². The summed E-state index contributed by atoms with van der Waals surface area (Å²) < 4.78 is 23.1. The predicted octanol–water partition coefficient (Wildman–Crippen LogP) is -1.29. The van der Waals surface area contributed by atoms with Crippen molar-refractivity contribution in [3.8, 4) is 0 Å². The molecule has 1 heterocycles. The van der Waals surface area contributed by atoms with Crippen LogP contribution in [0.1, 0.15) is 22.3 Å². The van der Waals surface area contributed by atoms with Crippen molar-refractivity contribution >= 4 is 21.7 Å². The highest BCUT2D eigenvalue weighted by Gasteiger charge is 2.33. The fourth-order valence-electron chi connectivity index (χ4n) is 3.00. The Morgan fingerprint density at radius 2 is 1.92 bits per heavy atom. The molecule has 0 aliphatic carbocycles. The van der Waals surface area contributed by atoms with E-state index in [2.05, 4.69) is 5.32 Å². The molecule has 1 aromatic carbocycles. The molecule has 0 bridgehead atoms. The molecule has 1 aromatic rings. The van der Waals surface area contributed by atoms with E-state index < -0.39 is 9.84 Å². The van der Waals surface area contributed by atoms with Crippen molar-refractivity contribution in [2.45, 2.75) is 19.0 Å². The van der Waals surface area contributed by atoms with E-state index in [1.807, 2.05) is 19.2 Å². The zero-order valence-electron chi connectivity index (χ0n) is 14.9. The van der Waals surface area contributed by atoms with Crippen molar-refractivity contribution in [1.29, 1.82) is 0 Å². The van der Waals surface area contributed by atoms with E-state index in [-0.39, 0.29) is 29.4 Å². The van der Waals surface area contributed by atoms with Crippen LogP contribution in [0.3, 0.4) is 0 Å². The van der Waals surface area contributed by atoms with E-state index in [4.69, 9.17) is 0 Å². The molecule has 0 spiro atoms. The fourth-order valence-corrected chi connectivity index (χ4v) is 4.77. The number of benzene rings is 1. The third-order valence-electron chi connectivity index (χ3n) is 4.55. The number of quaternary nitrogens is 1. The molecular weight excluding hydrogens is 342 g/mol. The van der Waals surface area contributed by atoms with Gasteiger partial charge in [-0.15, -0.1) is 0 Å². The summed E-state index contributed by atoms with van der Waals surface area (Å²) in [5.74, 6) is 0.0439. The quantitative estimate of drug-likeness (QED) is 0.654. The van der Waals surface area contributed by atoms with Gasteiger partial charge in [-0.2, -0.15) is 0 Å². The number of likely N-dealkylation sites (N-methyl/N-ethyl adjacent to an activating group) is 2. The van der Waals surface area contributed by atoms with E-state index in [0.29, 0.717) is 25.1 Å². The van der Waals surface area contributed by atoms with Gasteiger partial charge in [0, 0.05) is 31.3 Å². The third kappa shape index (κ3) is 5.27. The fraction of sp³-hybridized carbons (Fsp3) is 0.529. The Labute approximate surface area is 148 Å². The predicted molar refractivity (Wildman–Crippen MR) is 95.1 cm³/mol. The molecule has 1 saturated heterocycles. The van der Waals surface area contributed by atoms with Gasteiger partial charge < -0.3 is 15.1 Å². The van der Waals surface area contributed by atoms with Crippen LogP contribution < -0.4 is 10.2 Å². The van der Waals surface area contributed by atoms with Gasteiger partial charge in [0.25, 0.3) is 11.8 Å². The van der Waals surface area contributed by atoms with Gasteiger partial charge in [-0.1, -0.05) is 12.1 Å². The number of hydrogen-bond acceptors (Lipinski definition) is 4. The Morgan fingerprint density at radius 1 is 1.28 bits per heavy atom. The number of carbonyl (C=O) groups is 2. The second kappa shape index (κ2) is 7.97. The molecule has 2 amide bonds. The zero-order chi connectivity index (χ0) is 18.6. The van der Waals surface area contributed by atoms with Crippen molar-refractivity contribution in [3.63, 3.8) is 0 Å². The minimum Gasteiger partial charge on any atom is -0.355 e. The van der Waals surface area contributed by atoms with Crippen LogP contribution in [-0.4, -0.2) is 70.4 Å². The summed E-state index contributed by atoms with van der Waals surface area (Å²) in [5, 5.41) is 2.58. The van der Waals surface area contributed by atoms with Crippen LogP contribution in [0, 0.1) is 0 Å². The van der Waals surface area contributed by atoms with Gasteiger partial charge in [0.1, 0.15) is 6.54 Å². The second-order valence-corrected chi connectivity index (χ2v) is 8.88. The average molecular weight is 368 g/mol. The highest BCUT2D eigenvalue weighted by molar-refractivity contribution is 7.91. The summed E-state index contributed by atoms with van der Waals surface area (Å²) in [7, 11) is 2.19. The lowest BCUT2D eigenvalue weighted by atomic mass is 10.1. The van der Waals surface area contributed by atoms with Gasteiger partial charge in [-0.05, 0) is 18.6 Å². The smallest absolute Gasteiger partial charge is 0.277 e. The number of nitrogens with zero attached hydrogens (tertiary/aromatic N) is 1. The monoisotopic (exact) mass is 368 g/mol. The molecule has 1 unspecified atom stereocenters. The average Bonchev–Trinajstić information content (AvgIpc) is 2.93. The number of nitrogens with one attached hydrogen (secondary N) is 2. The van der Waals surface area contributed by atoms with Crippen molar-refractivity contribution in [1.82, 2.24) is 10.2 Å². The summed E-state index contributed by atoms with van der Waals surface area (Å²) >= 11 is 0. The standard InChI is InChI=1S/C17H25N3O4S/c1-18-17(22)14-6-4-13(5-7-14)10-19(2)11-16(21)20(3)15-8-9-25(23,24)12-15/h4-7,15H,8-12H2,1-3H3,(H,18,22)/p+1/t15-/m0/s1. The number of rotatable bonds is 6. The maximum atomic E-state index is 12.4. The molecule has 1 fully saturated rings. The van der Waals surface area contributed by atoms with Crippen LogP contribution in [-0.2, 0) is 21.2 Å². The Bertz CT molecular complexity index is 731. The minimum absolute atomic E-state index is 0.0541. The van der Waals surface area contributed by atoms with E-state index in [9.17, 15) is 18.0 Å². The van der Waals surface area contributed by atoms with Gasteiger partial charge in [-0.25, -0.2) is 8.42 Å². The van der Waals surface area contributed by atoms with Gasteiger partial charge in [0.15, 0.2) is 16.4 Å². The van der Waals surface area contributed by atoms with Gasteiger partial charge in [0.05, 0.1) is 18.6 Å². The summed E-state index contributed by atoms with van der Waals surface area (Å²) in [6.45, 7) is 0.945. The highest BCUT2D eigenvalue weighted by Crippen LogP contribution is 2.16. The zero-order valence-corrected chi connectivity index (χ0v) is 15.7. The summed E-state index contributed by atoms with van der Waals surface area (Å²) in [5.41, 5.74) is 1.63. The molecule has 2 atom stereocenters. The molecule has 2 N–H and O–H groups in total. The van der Waals surface area contributed by atoms with Crippen LogP contribution >= 0.6 is 0 Å². The second-order valence-electron chi connectivity index (χ2n) is 6.65. The summed E-state index contributed by atoms with van der Waals surface area (Å²) in [6, 6.07) is 7.08. The molecular formula is C17H26N3O4S+. The molecule has 8 heteroatoms. The van der Waals surface area contributed by atoms with E-state index in [1.165, 1.54) is 0 Å². The van der Waals surface area contributed by atoms with Crippen LogP contribution in [0.15, 0.2) is 24.3 Å². The lowest BCUT2D eigenvalue weighted by molar-refractivity contribution is -0.885. The van der Waals surface area contributed by atoms with Crippen LogP contribution in [0.25, 0.3) is 0 Å². The van der Waals surface area contributed by atoms with Crippen molar-refractivity contribution in [3.05, 3.63) is 35.4 Å². The van der Waals surface area contributed by atoms with Gasteiger partial charge >= 0.3 is 0 Å². The highest BCUT2D eigenvalue weighted by atomic mass is 32.2. The van der Waals surface area contributed by atoms with Crippen molar-refractivity contribution in [2.24, 2.45) is 0 Å². The Morgan fingerprint density at radius 3 is 2.44 bits per heavy atom. The van der Waals surface area contributed by atoms with Crippen molar-refractivity contribution < 1.29 is 22.9 Å². The van der Waals surface area contributed by atoms with E-state index in [0.717, 1.165) is 10.5 Å². The molecule has 7 nitrogen and oxygen atoms in total. The van der Waals surface area contributed by atoms with Crippen LogP contribution in [0.5, 0.6) is 0 Å². The topological polar surface area (TPSA) is 88.0 Å². The number of sulfone groups is 1. The lowest BCUT2D eigenvalue weighted by Crippen LogP contribution is -3.08. The van der Waals surface area contributed by atoms with Crippen LogP contribution in [0.2, 0.25) is 0 Å². The summed E-state index contributed by atoms with van der Waals surface area (Å²) in [4.78, 5) is 26.5. The SMILES string of the molecule is CNC(=O)c1ccc(C[NH+](C)CC(=O)N(C)[C@H]2CCS(=O)(=O)C2)cc1. The maximum absolute atomic E-state index is 12.4. The number of amides is 2. The first-order valence-electron chi connectivity index (χ1n) is 8.30. The molecule has 1 aliphatic rings. The van der Waals surface area contributed by atoms with Crippen LogP contribution in [0.4, 0.5) is 0 Å².